The quantitative estimate of drug-likeness (QED) is 0.521. The molecule has 0 N–H and O–H groups in total. The first kappa shape index (κ1) is 17.0. The van der Waals surface area contributed by atoms with Crippen molar-refractivity contribution < 1.29 is 31.1 Å². The molecule has 0 heterocycles. The summed E-state index contributed by atoms with van der Waals surface area (Å²) in [4.78, 5) is 0. The molecule has 0 bridgehead atoms. The molecule has 104 valence electrons. The van der Waals surface area contributed by atoms with Crippen LogP contribution in [0.2, 0.25) is 0 Å². The topological polar surface area (TPSA) is 9.23 Å². The van der Waals surface area contributed by atoms with Crippen LogP contribution < -0.4 is 0 Å². The Morgan fingerprint density at radius 2 is 1.53 bits per heavy atom. The molecule has 0 aromatic heterocycles. The van der Waals surface area contributed by atoms with E-state index in [9.17, 15) is 26.3 Å². The van der Waals surface area contributed by atoms with Crippen molar-refractivity contribution in [2.24, 2.45) is 5.92 Å². The zero-order valence-corrected chi connectivity index (χ0v) is 10.6. The summed E-state index contributed by atoms with van der Waals surface area (Å²) in [5.41, 5.74) is 0. The van der Waals surface area contributed by atoms with E-state index in [0.29, 0.717) is 18.2 Å². The largest absolute Gasteiger partial charge is 0.423 e. The second-order valence-corrected chi connectivity index (χ2v) is 4.25. The van der Waals surface area contributed by atoms with E-state index in [1.54, 1.807) is 6.92 Å². The van der Waals surface area contributed by atoms with Crippen molar-refractivity contribution in [1.29, 1.82) is 0 Å². The minimum atomic E-state index is -5.43. The smallest absolute Gasteiger partial charge is 0.361 e. The van der Waals surface area contributed by atoms with Gasteiger partial charge in [0.25, 0.3) is 0 Å². The fraction of sp³-hybridized carbons (Fsp3) is 1.00. The summed E-state index contributed by atoms with van der Waals surface area (Å²) in [5.74, 6) is -0.354. The second-order valence-electron chi connectivity index (χ2n) is 3.61. The molecule has 17 heavy (non-hydrogen) atoms. The van der Waals surface area contributed by atoms with Crippen LogP contribution in [0.4, 0.5) is 26.3 Å². The number of hydrogen-bond acceptors (Lipinski definition) is 1. The van der Waals surface area contributed by atoms with Gasteiger partial charge in [-0.15, -0.1) is 0 Å². The van der Waals surface area contributed by atoms with Gasteiger partial charge >= 0.3 is 12.4 Å². The summed E-state index contributed by atoms with van der Waals surface area (Å²) in [6, 6.07) is 0. The third kappa shape index (κ3) is 6.49. The molecule has 0 aliphatic rings. The van der Waals surface area contributed by atoms with Crippen LogP contribution in [0.3, 0.4) is 0 Å². The summed E-state index contributed by atoms with van der Waals surface area (Å²) in [6.45, 7) is 1.23. The molecule has 0 amide bonds. The molecule has 8 heteroatoms. The third-order valence-corrected chi connectivity index (χ3v) is 2.92. The second kappa shape index (κ2) is 6.82. The first-order valence-electron chi connectivity index (χ1n) is 4.93. The maximum atomic E-state index is 12.1. The van der Waals surface area contributed by atoms with Gasteiger partial charge in [0.15, 0.2) is 0 Å². The third-order valence-electron chi connectivity index (χ3n) is 2.01. The lowest BCUT2D eigenvalue weighted by Gasteiger charge is -2.25. The molecule has 0 saturated carbocycles. The highest BCUT2D eigenvalue weighted by Crippen LogP contribution is 2.36. The van der Waals surface area contributed by atoms with Crippen LogP contribution in [0, 0.1) is 5.92 Å². The molecule has 0 saturated heterocycles. The lowest BCUT2D eigenvalue weighted by Crippen LogP contribution is -2.45. The van der Waals surface area contributed by atoms with Crippen molar-refractivity contribution in [2.45, 2.75) is 38.2 Å². The van der Waals surface area contributed by atoms with E-state index in [4.69, 9.17) is 0 Å². The highest BCUT2D eigenvalue weighted by atomic mass is 79.9. The first-order chi connectivity index (χ1) is 7.62. The van der Waals surface area contributed by atoms with E-state index in [0.717, 1.165) is 0 Å². The number of ether oxygens (including phenoxy) is 1. The fourth-order valence-electron chi connectivity index (χ4n) is 1.22. The maximum Gasteiger partial charge on any atom is 0.423 e. The molecule has 1 atom stereocenters. The van der Waals surface area contributed by atoms with Gasteiger partial charge < -0.3 is 4.74 Å². The Morgan fingerprint density at radius 3 is 1.82 bits per heavy atom. The Morgan fingerprint density at radius 1 is 1.06 bits per heavy atom. The number of rotatable bonds is 6. The van der Waals surface area contributed by atoms with Crippen molar-refractivity contribution in [1.82, 2.24) is 0 Å². The van der Waals surface area contributed by atoms with E-state index >= 15 is 0 Å². The molecule has 0 aliphatic carbocycles. The van der Waals surface area contributed by atoms with Gasteiger partial charge in [0.2, 0.25) is 6.10 Å². The van der Waals surface area contributed by atoms with Gasteiger partial charge in [0, 0.05) is 5.33 Å². The monoisotopic (exact) mass is 330 g/mol. The van der Waals surface area contributed by atoms with Gasteiger partial charge in [-0.3, -0.25) is 0 Å². The summed E-state index contributed by atoms with van der Waals surface area (Å²) in [5, 5.41) is 0.309. The van der Waals surface area contributed by atoms with Crippen molar-refractivity contribution in [2.75, 3.05) is 11.9 Å². The molecular formula is C9H13BrF6O. The summed E-state index contributed by atoms with van der Waals surface area (Å²) >= 11 is 3.03. The molecule has 1 unspecified atom stereocenters. The van der Waals surface area contributed by atoms with E-state index in [1.807, 2.05) is 0 Å². The van der Waals surface area contributed by atoms with Crippen LogP contribution in [-0.4, -0.2) is 30.4 Å². The molecule has 0 aliphatic heterocycles. The average Bonchev–Trinajstić information content (AvgIpc) is 2.12. The Labute approximate surface area is 104 Å². The summed E-state index contributed by atoms with van der Waals surface area (Å²) in [6.07, 6.45) is -13.4. The van der Waals surface area contributed by atoms with Crippen LogP contribution in [0.1, 0.15) is 19.8 Å². The van der Waals surface area contributed by atoms with Gasteiger partial charge in [-0.1, -0.05) is 29.3 Å². The number of hydrogen-bond donors (Lipinski definition) is 0. The normalized spacial score (nSPS) is 15.4. The van der Waals surface area contributed by atoms with Gasteiger partial charge in [0.05, 0.1) is 6.61 Å². The van der Waals surface area contributed by atoms with Crippen molar-refractivity contribution in [3.05, 3.63) is 0 Å². The van der Waals surface area contributed by atoms with Crippen molar-refractivity contribution in [3.63, 3.8) is 0 Å². The van der Waals surface area contributed by atoms with Crippen LogP contribution in [0.25, 0.3) is 0 Å². The Hall–Kier alpha value is 0.0200. The molecule has 0 aromatic carbocycles. The van der Waals surface area contributed by atoms with Gasteiger partial charge in [0.1, 0.15) is 0 Å². The molecular weight excluding hydrogens is 318 g/mol. The lowest BCUT2D eigenvalue weighted by atomic mass is 10.1. The van der Waals surface area contributed by atoms with E-state index in [-0.39, 0.29) is 5.92 Å². The number of halogens is 7. The van der Waals surface area contributed by atoms with E-state index in [2.05, 4.69) is 20.7 Å². The van der Waals surface area contributed by atoms with E-state index in [1.165, 1.54) is 0 Å². The van der Waals surface area contributed by atoms with Crippen LogP contribution in [-0.2, 0) is 4.74 Å². The van der Waals surface area contributed by atoms with Gasteiger partial charge in [-0.05, 0) is 12.3 Å². The van der Waals surface area contributed by atoms with E-state index < -0.39 is 25.1 Å². The minimum absolute atomic E-state index is 0.309. The predicted octanol–water partition coefficient (Wildman–Crippen LogP) is 4.31. The van der Waals surface area contributed by atoms with Crippen molar-refractivity contribution >= 4 is 15.9 Å². The molecule has 0 rings (SSSR count). The van der Waals surface area contributed by atoms with Gasteiger partial charge in [-0.25, -0.2) is 0 Å². The Balaban J connectivity index is 4.46. The highest BCUT2D eigenvalue weighted by Gasteiger charge is 2.58. The Kier molecular flexibility index (Phi) is 6.83. The lowest BCUT2D eigenvalue weighted by molar-refractivity contribution is -0.323. The summed E-state index contributed by atoms with van der Waals surface area (Å²) in [7, 11) is 0. The van der Waals surface area contributed by atoms with Crippen LogP contribution >= 0.6 is 15.9 Å². The van der Waals surface area contributed by atoms with Crippen LogP contribution in [0.15, 0.2) is 0 Å². The van der Waals surface area contributed by atoms with Gasteiger partial charge in [-0.2, -0.15) is 26.3 Å². The maximum absolute atomic E-state index is 12.1. The minimum Gasteiger partial charge on any atom is -0.361 e. The predicted molar refractivity (Wildman–Crippen MR) is 54.0 cm³/mol. The van der Waals surface area contributed by atoms with Crippen LogP contribution in [0.5, 0.6) is 0 Å². The first-order valence-corrected chi connectivity index (χ1v) is 6.06. The Bertz CT molecular complexity index is 201. The summed E-state index contributed by atoms with van der Waals surface area (Å²) < 4.78 is 76.6. The molecule has 0 aromatic rings. The molecule has 0 radical (unpaired) electrons. The highest BCUT2D eigenvalue weighted by molar-refractivity contribution is 9.09. The zero-order valence-electron chi connectivity index (χ0n) is 9.04. The SMILES string of the molecule is CCCC(CBr)COC(C(F)(F)F)C(F)(F)F. The molecule has 0 fully saturated rings. The standard InChI is InChI=1S/C9H13BrF6O/c1-2-3-6(4-10)5-17-7(8(11,12)13)9(14,15)16/h6-7H,2-5H2,1H3. The average molecular weight is 331 g/mol. The number of alkyl halides is 7. The zero-order chi connectivity index (χ0) is 13.7. The van der Waals surface area contributed by atoms with Crippen molar-refractivity contribution in [3.8, 4) is 0 Å². The fourth-order valence-corrected chi connectivity index (χ4v) is 1.73. The molecule has 1 nitrogen and oxygen atoms in total. The molecule has 0 spiro atoms.